The second kappa shape index (κ2) is 6.17. The van der Waals surface area contributed by atoms with Crippen LogP contribution in [0, 0.1) is 5.82 Å². The zero-order valence-corrected chi connectivity index (χ0v) is 14.2. The smallest absolute Gasteiger partial charge is 0.182 e. The van der Waals surface area contributed by atoms with E-state index in [0.717, 1.165) is 27.5 Å². The van der Waals surface area contributed by atoms with Crippen LogP contribution >= 0.6 is 0 Å². The van der Waals surface area contributed by atoms with Gasteiger partial charge in [0.25, 0.3) is 0 Å². The predicted octanol–water partition coefficient (Wildman–Crippen LogP) is 4.69. The van der Waals surface area contributed by atoms with E-state index in [-0.39, 0.29) is 5.82 Å². The molecule has 130 valence electrons. The number of aromatic nitrogens is 5. The molecule has 0 aliphatic rings. The SMILES string of the molecule is Fc1ccc(-c2n[nH]n3c2nc2ccccc2ncc2ccccc23)cc1. The van der Waals surface area contributed by atoms with E-state index in [1.165, 1.54) is 12.1 Å². The van der Waals surface area contributed by atoms with E-state index in [9.17, 15) is 4.39 Å². The van der Waals surface area contributed by atoms with Crippen LogP contribution in [0.4, 0.5) is 4.39 Å². The van der Waals surface area contributed by atoms with Gasteiger partial charge in [-0.05, 0) is 42.5 Å². The van der Waals surface area contributed by atoms with Crippen LogP contribution in [0.25, 0.3) is 38.8 Å². The molecule has 0 unspecified atom stereocenters. The number of halogens is 1. The maximum atomic E-state index is 13.4. The van der Waals surface area contributed by atoms with Crippen molar-refractivity contribution in [1.29, 1.82) is 0 Å². The van der Waals surface area contributed by atoms with Crippen LogP contribution in [0.2, 0.25) is 0 Å². The van der Waals surface area contributed by atoms with E-state index in [2.05, 4.69) is 15.3 Å². The lowest BCUT2D eigenvalue weighted by Gasteiger charge is -1.98. The third-order valence-electron chi connectivity index (χ3n) is 4.43. The molecule has 0 aliphatic carbocycles. The molecule has 5 rings (SSSR count). The molecule has 2 heterocycles. The molecule has 3 aromatic carbocycles. The van der Waals surface area contributed by atoms with Gasteiger partial charge in [-0.1, -0.05) is 30.3 Å². The van der Waals surface area contributed by atoms with Gasteiger partial charge in [-0.25, -0.2) is 19.1 Å². The van der Waals surface area contributed by atoms with Crippen LogP contribution in [0.1, 0.15) is 0 Å². The quantitative estimate of drug-likeness (QED) is 0.475. The number of nitrogens with zero attached hydrogens (tertiary/aromatic N) is 4. The molecule has 0 saturated heterocycles. The largest absolute Gasteiger partial charge is 0.254 e. The van der Waals surface area contributed by atoms with Crippen LogP contribution in [-0.2, 0) is 0 Å². The molecule has 6 heteroatoms. The number of H-pyrrole nitrogens is 1. The molecule has 0 amide bonds. The Morgan fingerprint density at radius 2 is 1.56 bits per heavy atom. The van der Waals surface area contributed by atoms with E-state index in [1.54, 1.807) is 12.1 Å². The Morgan fingerprint density at radius 3 is 2.41 bits per heavy atom. The Morgan fingerprint density at radius 1 is 0.815 bits per heavy atom. The van der Waals surface area contributed by atoms with Gasteiger partial charge in [0.15, 0.2) is 5.65 Å². The fraction of sp³-hybridized carbons (Fsp3) is 0. The number of hydrogen-bond donors (Lipinski definition) is 1. The minimum Gasteiger partial charge on any atom is -0.254 e. The number of benzene rings is 3. The van der Waals surface area contributed by atoms with Crippen molar-refractivity contribution in [2.45, 2.75) is 0 Å². The van der Waals surface area contributed by atoms with Crippen LogP contribution in [0.15, 0.2) is 79.0 Å². The summed E-state index contributed by atoms with van der Waals surface area (Å²) < 4.78 is 15.2. The molecule has 0 atom stereocenters. The fourth-order valence-electron chi connectivity index (χ4n) is 3.10. The molecule has 1 N–H and O–H groups in total. The van der Waals surface area contributed by atoms with E-state index in [4.69, 9.17) is 4.98 Å². The molecule has 0 bridgehead atoms. The number of rotatable bonds is 1. The first kappa shape index (κ1) is 15.5. The van der Waals surface area contributed by atoms with E-state index in [0.29, 0.717) is 11.3 Å². The summed E-state index contributed by atoms with van der Waals surface area (Å²) in [7, 11) is 0. The van der Waals surface area contributed by atoms with Crippen molar-refractivity contribution < 1.29 is 4.39 Å². The first-order valence-corrected chi connectivity index (χ1v) is 8.50. The highest BCUT2D eigenvalue weighted by atomic mass is 19.1. The molecule has 0 spiro atoms. The molecule has 0 aliphatic heterocycles. The summed E-state index contributed by atoms with van der Waals surface area (Å²) in [5, 5.41) is 8.44. The number of aromatic amines is 1. The molecular weight excluding hydrogens is 341 g/mol. The Hall–Kier alpha value is -3.80. The van der Waals surface area contributed by atoms with Crippen molar-refractivity contribution in [2.75, 3.05) is 0 Å². The molecule has 5 nitrogen and oxygen atoms in total. The highest BCUT2D eigenvalue weighted by Crippen LogP contribution is 2.23. The molecule has 0 radical (unpaired) electrons. The summed E-state index contributed by atoms with van der Waals surface area (Å²) in [5.41, 5.74) is 4.44. The van der Waals surface area contributed by atoms with Crippen LogP contribution < -0.4 is 0 Å². The van der Waals surface area contributed by atoms with Gasteiger partial charge in [0.1, 0.15) is 11.5 Å². The average Bonchev–Trinajstić information content (AvgIpc) is 3.13. The predicted molar refractivity (Wildman–Crippen MR) is 103 cm³/mol. The summed E-state index contributed by atoms with van der Waals surface area (Å²) in [4.78, 5) is 9.45. The van der Waals surface area contributed by atoms with E-state index in [1.807, 2.05) is 59.2 Å². The Balaban J connectivity index is 2.00. The third kappa shape index (κ3) is 2.67. The maximum Gasteiger partial charge on any atom is 0.182 e. The summed E-state index contributed by atoms with van der Waals surface area (Å²) in [6, 6.07) is 21.8. The average molecular weight is 355 g/mol. The Bertz CT molecular complexity index is 1330. The van der Waals surface area contributed by atoms with Gasteiger partial charge >= 0.3 is 0 Å². The van der Waals surface area contributed by atoms with Crippen molar-refractivity contribution in [1.82, 2.24) is 24.8 Å². The van der Waals surface area contributed by atoms with Gasteiger partial charge < -0.3 is 0 Å². The molecule has 27 heavy (non-hydrogen) atoms. The van der Waals surface area contributed by atoms with Crippen molar-refractivity contribution in [3.05, 3.63) is 84.8 Å². The Kier molecular flexibility index (Phi) is 3.53. The lowest BCUT2D eigenvalue weighted by molar-refractivity contribution is 0.628. The minimum absolute atomic E-state index is 0.289. The van der Waals surface area contributed by atoms with E-state index < -0.39 is 0 Å². The Labute approximate surface area is 153 Å². The second-order valence-corrected chi connectivity index (χ2v) is 6.14. The second-order valence-electron chi connectivity index (χ2n) is 6.14. The van der Waals surface area contributed by atoms with Crippen LogP contribution in [-0.4, -0.2) is 24.8 Å². The van der Waals surface area contributed by atoms with Crippen molar-refractivity contribution in [3.63, 3.8) is 0 Å². The van der Waals surface area contributed by atoms with Gasteiger partial charge in [-0.3, -0.25) is 4.98 Å². The van der Waals surface area contributed by atoms with Gasteiger partial charge in [0, 0.05) is 17.1 Å². The highest BCUT2D eigenvalue weighted by Gasteiger charge is 2.10. The maximum absolute atomic E-state index is 13.4. The van der Waals surface area contributed by atoms with Crippen LogP contribution in [0.5, 0.6) is 0 Å². The topological polar surface area (TPSA) is 58.9 Å². The molecule has 0 saturated carbocycles. The molecule has 2 aromatic heterocycles. The fourth-order valence-corrected chi connectivity index (χ4v) is 3.10. The summed E-state index contributed by atoms with van der Waals surface area (Å²) in [6.45, 7) is 0. The third-order valence-corrected chi connectivity index (χ3v) is 4.43. The number of para-hydroxylation sites is 3. The normalized spacial score (nSPS) is 11.1. The zero-order valence-electron chi connectivity index (χ0n) is 14.2. The van der Waals surface area contributed by atoms with E-state index >= 15 is 0 Å². The van der Waals surface area contributed by atoms with Crippen molar-refractivity contribution in [3.8, 4) is 11.3 Å². The number of hydrogen-bond acceptors (Lipinski definition) is 3. The summed E-state index contributed by atoms with van der Waals surface area (Å²) in [5.74, 6) is -0.289. The lowest BCUT2D eigenvalue weighted by Crippen LogP contribution is -1.89. The highest BCUT2D eigenvalue weighted by molar-refractivity contribution is 5.85. The first-order chi connectivity index (χ1) is 13.3. The zero-order chi connectivity index (χ0) is 18.2. The summed E-state index contributed by atoms with van der Waals surface area (Å²) >= 11 is 0. The molecule has 0 fully saturated rings. The molecular formula is C21H14FN5. The van der Waals surface area contributed by atoms with Crippen molar-refractivity contribution in [2.24, 2.45) is 0 Å². The minimum atomic E-state index is -0.289. The van der Waals surface area contributed by atoms with Gasteiger partial charge in [0.05, 0.1) is 16.6 Å². The van der Waals surface area contributed by atoms with Gasteiger partial charge in [0.2, 0.25) is 0 Å². The van der Waals surface area contributed by atoms with Crippen LogP contribution in [0.3, 0.4) is 0 Å². The molecule has 5 aromatic rings. The summed E-state index contributed by atoms with van der Waals surface area (Å²) in [6.07, 6.45) is 1.82. The first-order valence-electron chi connectivity index (χ1n) is 8.50. The standard InChI is InChI=1S/C21H14FN5/c22-16-11-9-14(10-12-16)20-21-24-18-7-3-2-6-17(18)23-13-15-5-1-4-8-19(15)27(21)26-25-20/h1-13,26H. The van der Waals surface area contributed by atoms with Crippen molar-refractivity contribution >= 4 is 27.6 Å². The van der Waals surface area contributed by atoms with Gasteiger partial charge in [-0.2, -0.15) is 5.10 Å². The van der Waals surface area contributed by atoms with Gasteiger partial charge in [-0.15, -0.1) is 0 Å². The monoisotopic (exact) mass is 355 g/mol. The number of nitrogens with one attached hydrogen (secondary N) is 1. The number of fused-ring (bicyclic) bond motifs is 4. The lowest BCUT2D eigenvalue weighted by atomic mass is 10.1.